The Labute approximate surface area is 312 Å². The van der Waals surface area contributed by atoms with Crippen molar-refractivity contribution >= 4 is 46.6 Å². The molecule has 2 aliphatic rings. The summed E-state index contributed by atoms with van der Waals surface area (Å²) in [5.74, 6) is -0.0300. The van der Waals surface area contributed by atoms with Crippen LogP contribution in [0.1, 0.15) is 51.4 Å². The van der Waals surface area contributed by atoms with E-state index in [1.165, 1.54) is 42.3 Å². The molecule has 2 unspecified atom stereocenters. The highest BCUT2D eigenvalue weighted by Crippen LogP contribution is 2.35. The van der Waals surface area contributed by atoms with E-state index in [4.69, 9.17) is 20.9 Å². The monoisotopic (exact) mass is 756 g/mol. The van der Waals surface area contributed by atoms with Gasteiger partial charge in [-0.3, -0.25) is 10.6 Å². The molecule has 2 atom stereocenters. The van der Waals surface area contributed by atoms with Crippen LogP contribution in [0.25, 0.3) is 11.6 Å². The van der Waals surface area contributed by atoms with Crippen LogP contribution in [0.15, 0.2) is 45.2 Å². The molecular formula is C31H40N20O4. The van der Waals surface area contributed by atoms with Crippen LogP contribution < -0.4 is 32.7 Å². The number of hydrogen-bond acceptors (Lipinski definition) is 20. The molecule has 5 aromatic rings. The average Bonchev–Trinajstić information content (AvgIpc) is 3.99. The Hall–Kier alpha value is -6.50. The van der Waals surface area contributed by atoms with E-state index in [-0.39, 0.29) is 69.7 Å². The van der Waals surface area contributed by atoms with Gasteiger partial charge in [0.1, 0.15) is 29.8 Å². The number of anilines is 2. The van der Waals surface area contributed by atoms with Crippen molar-refractivity contribution in [1.29, 1.82) is 0 Å². The number of hydrogen-bond donors (Lipinski definition) is 6. The van der Waals surface area contributed by atoms with Crippen molar-refractivity contribution in [3.63, 3.8) is 0 Å². The number of aromatic nitrogens is 10. The number of nitrogen functional groups attached to an aromatic ring is 2. The fourth-order valence-corrected chi connectivity index (χ4v) is 6.09. The van der Waals surface area contributed by atoms with Crippen LogP contribution in [0.2, 0.25) is 0 Å². The van der Waals surface area contributed by atoms with E-state index < -0.39 is 11.9 Å². The van der Waals surface area contributed by atoms with Crippen molar-refractivity contribution in [3.8, 4) is 11.6 Å². The first-order chi connectivity index (χ1) is 26.7. The Bertz CT molecular complexity index is 2250. The summed E-state index contributed by atoms with van der Waals surface area (Å²) in [5, 5.41) is 48.9. The van der Waals surface area contributed by atoms with Crippen LogP contribution in [0.4, 0.5) is 34.6 Å². The van der Waals surface area contributed by atoms with Gasteiger partial charge in [0.2, 0.25) is 0 Å². The van der Waals surface area contributed by atoms with E-state index >= 15 is 0 Å². The summed E-state index contributed by atoms with van der Waals surface area (Å²) in [5.41, 5.74) is 15.0. The second-order valence-electron chi connectivity index (χ2n) is 12.3. The molecule has 0 aromatic carbocycles. The molecule has 5 aromatic heterocycles. The molecule has 8 N–H and O–H groups in total. The predicted molar refractivity (Wildman–Crippen MR) is 195 cm³/mol. The number of carbonyl (C=O) groups excluding carboxylic acids is 2. The van der Waals surface area contributed by atoms with Crippen LogP contribution >= 0.6 is 0 Å². The summed E-state index contributed by atoms with van der Waals surface area (Å²) in [6, 6.07) is 1.59. The number of rotatable bonds is 11. The largest absolute Gasteiger partial charge is 0.465 e. The van der Waals surface area contributed by atoms with E-state index in [2.05, 4.69) is 72.1 Å². The van der Waals surface area contributed by atoms with Gasteiger partial charge in [-0.15, -0.1) is 20.5 Å². The van der Waals surface area contributed by atoms with Crippen molar-refractivity contribution < 1.29 is 19.1 Å². The minimum atomic E-state index is -0.613. The van der Waals surface area contributed by atoms with Gasteiger partial charge in [0.25, 0.3) is 0 Å². The van der Waals surface area contributed by atoms with Gasteiger partial charge in [-0.2, -0.15) is 29.8 Å². The fourth-order valence-electron chi connectivity index (χ4n) is 6.09. The van der Waals surface area contributed by atoms with Crippen LogP contribution in [0, 0.1) is 6.92 Å². The van der Waals surface area contributed by atoms with Crippen molar-refractivity contribution in [1.82, 2.24) is 70.4 Å². The summed E-state index contributed by atoms with van der Waals surface area (Å²) in [7, 11) is 2.56. The Morgan fingerprint density at radius 2 is 1.29 bits per heavy atom. The number of esters is 2. The first kappa shape index (κ1) is 36.8. The van der Waals surface area contributed by atoms with E-state index in [1.54, 1.807) is 22.4 Å². The zero-order chi connectivity index (χ0) is 38.6. The highest BCUT2D eigenvalue weighted by molar-refractivity contribution is 5.94. The molecule has 288 valence electrons. The zero-order valence-corrected chi connectivity index (χ0v) is 30.5. The highest BCUT2D eigenvalue weighted by Gasteiger charge is 2.27. The number of nitrogens with one attached hydrogen (secondary N) is 4. The van der Waals surface area contributed by atoms with Crippen LogP contribution in [0.5, 0.6) is 0 Å². The second kappa shape index (κ2) is 15.8. The molecule has 7 heterocycles. The Morgan fingerprint density at radius 3 is 1.78 bits per heavy atom. The molecule has 55 heavy (non-hydrogen) atoms. The number of aryl methyl sites for hydroxylation is 2. The SMILES string of the molecule is CCc1nn(-c2cc(-n3nc(C)c(N=Nc4c(C(=O)OC)cnn4C4CNCCN4)c3N)ncn2)c(N)c1N=Nc1c(C(=O)OC)cnn1C1CNCCN1. The molecule has 0 amide bonds. The van der Waals surface area contributed by atoms with Gasteiger partial charge in [0, 0.05) is 45.3 Å². The lowest BCUT2D eigenvalue weighted by Crippen LogP contribution is -2.45. The van der Waals surface area contributed by atoms with Gasteiger partial charge < -0.3 is 31.6 Å². The molecule has 0 spiro atoms. The summed E-state index contributed by atoms with van der Waals surface area (Å²) in [6.07, 6.45) is 3.99. The molecular weight excluding hydrogens is 716 g/mol. The highest BCUT2D eigenvalue weighted by atomic mass is 16.5. The minimum Gasteiger partial charge on any atom is -0.465 e. The quantitative estimate of drug-likeness (QED) is 0.0811. The second-order valence-corrected chi connectivity index (χ2v) is 12.3. The van der Waals surface area contributed by atoms with Gasteiger partial charge in [-0.1, -0.05) is 6.92 Å². The minimum absolute atomic E-state index is 0.117. The lowest BCUT2D eigenvalue weighted by atomic mass is 10.3. The topological polar surface area (TPSA) is 299 Å². The first-order valence-electron chi connectivity index (χ1n) is 17.3. The van der Waals surface area contributed by atoms with Crippen LogP contribution in [-0.4, -0.2) is 115 Å². The first-order valence-corrected chi connectivity index (χ1v) is 17.3. The average molecular weight is 757 g/mol. The Balaban J connectivity index is 1.20. The Kier molecular flexibility index (Phi) is 10.6. The van der Waals surface area contributed by atoms with Crippen molar-refractivity contribution in [2.24, 2.45) is 20.5 Å². The molecule has 2 aliphatic heterocycles. The normalized spacial score (nSPS) is 17.7. The maximum Gasteiger partial charge on any atom is 0.343 e. The van der Waals surface area contributed by atoms with Gasteiger partial charge in [-0.25, -0.2) is 28.9 Å². The lowest BCUT2D eigenvalue weighted by molar-refractivity contribution is 0.0592. The molecule has 0 radical (unpaired) electrons. The molecule has 7 rings (SSSR count). The molecule has 24 nitrogen and oxygen atoms in total. The summed E-state index contributed by atoms with van der Waals surface area (Å²) < 4.78 is 15.8. The Morgan fingerprint density at radius 1 is 0.782 bits per heavy atom. The molecule has 0 saturated carbocycles. The number of ether oxygens (including phenoxy) is 2. The fraction of sp³-hybridized carbons (Fsp3) is 0.419. The molecule has 0 bridgehead atoms. The number of nitrogens with zero attached hydrogens (tertiary/aromatic N) is 14. The van der Waals surface area contributed by atoms with Crippen LogP contribution in [-0.2, 0) is 15.9 Å². The van der Waals surface area contributed by atoms with Crippen LogP contribution in [0.3, 0.4) is 0 Å². The van der Waals surface area contributed by atoms with E-state index in [9.17, 15) is 9.59 Å². The van der Waals surface area contributed by atoms with Gasteiger partial charge in [0.15, 0.2) is 46.3 Å². The third-order valence-electron chi connectivity index (χ3n) is 8.90. The number of methoxy groups -OCH3 is 2. The zero-order valence-electron chi connectivity index (χ0n) is 30.5. The summed E-state index contributed by atoms with van der Waals surface area (Å²) in [4.78, 5) is 34.0. The molecule has 0 aliphatic carbocycles. The standard InChI is InChI=1S/C31H40N20O4/c1-5-19-25(43-45-29-18(31(53)55-4)12-41-51(29)23-14-35-7-9-37-23)27(33)49(47-19)21-10-20(38-15-39-21)48-26(32)24(16(2)46-48)42-44-28-17(30(52)54-3)11-40-50(28)22-13-34-6-8-36-22/h10-12,15,22-23,34-37H,5-9,13-14,32-33H2,1-4H3. The van der Waals surface area contributed by atoms with Gasteiger partial charge in [0.05, 0.1) is 38.0 Å². The van der Waals surface area contributed by atoms with Gasteiger partial charge in [-0.05, 0) is 13.3 Å². The number of azo groups is 2. The van der Waals surface area contributed by atoms with E-state index in [0.717, 1.165) is 13.1 Å². The molecule has 2 fully saturated rings. The predicted octanol–water partition coefficient (Wildman–Crippen LogP) is 1.06. The number of piperazine rings is 2. The number of carbonyl (C=O) groups is 2. The molecule has 2 saturated heterocycles. The van der Waals surface area contributed by atoms with E-state index in [1.807, 2.05) is 6.92 Å². The lowest BCUT2D eigenvalue weighted by Gasteiger charge is -2.25. The van der Waals surface area contributed by atoms with Crippen molar-refractivity contribution in [2.75, 3.05) is 65.0 Å². The smallest absolute Gasteiger partial charge is 0.343 e. The summed E-state index contributed by atoms with van der Waals surface area (Å²) >= 11 is 0. The summed E-state index contributed by atoms with van der Waals surface area (Å²) in [6.45, 7) is 7.71. The third kappa shape index (κ3) is 7.12. The van der Waals surface area contributed by atoms with Crippen molar-refractivity contribution in [3.05, 3.63) is 47.3 Å². The van der Waals surface area contributed by atoms with Crippen molar-refractivity contribution in [2.45, 2.75) is 32.6 Å². The number of nitrogens with two attached hydrogens (primary N) is 2. The third-order valence-corrected chi connectivity index (χ3v) is 8.90. The van der Waals surface area contributed by atoms with E-state index in [0.29, 0.717) is 44.0 Å². The molecule has 24 heteroatoms. The van der Waals surface area contributed by atoms with Gasteiger partial charge >= 0.3 is 11.9 Å². The maximum absolute atomic E-state index is 12.6. The maximum atomic E-state index is 12.6.